The fourth-order valence-corrected chi connectivity index (χ4v) is 6.69. The SMILES string of the molecule is COC(=O)[C@@H]1[C@H](N2C(=O)c3ccccc3C2=O)/C(=N/S(=O)(=O)c2ccc(C)cc2)N1C(c1ccccc1)c1ccccc1. The van der Waals surface area contributed by atoms with Gasteiger partial charge in [0, 0.05) is 0 Å². The number of likely N-dealkylation sites (tertiary alicyclic amines) is 1. The second kappa shape index (κ2) is 11.0. The molecule has 0 N–H and O–H groups in total. The van der Waals surface area contributed by atoms with Crippen LogP contribution in [-0.4, -0.2) is 61.0 Å². The highest BCUT2D eigenvalue weighted by molar-refractivity contribution is 7.90. The summed E-state index contributed by atoms with van der Waals surface area (Å²) in [4.78, 5) is 43.3. The summed E-state index contributed by atoms with van der Waals surface area (Å²) < 4.78 is 37.0. The van der Waals surface area contributed by atoms with E-state index in [2.05, 4.69) is 4.40 Å². The van der Waals surface area contributed by atoms with Crippen molar-refractivity contribution in [2.45, 2.75) is 29.9 Å². The van der Waals surface area contributed by atoms with Crippen LogP contribution in [0.5, 0.6) is 0 Å². The highest BCUT2D eigenvalue weighted by Gasteiger charge is 2.60. The van der Waals surface area contributed by atoms with Crippen LogP contribution in [0.2, 0.25) is 0 Å². The zero-order valence-corrected chi connectivity index (χ0v) is 24.1. The number of carbonyl (C=O) groups excluding carboxylic acids is 3. The van der Waals surface area contributed by atoms with E-state index < -0.39 is 45.9 Å². The number of fused-ring (bicyclic) bond motifs is 1. The summed E-state index contributed by atoms with van der Waals surface area (Å²) in [5, 5.41) is 0. The molecule has 0 saturated carbocycles. The van der Waals surface area contributed by atoms with Crippen molar-refractivity contribution in [3.63, 3.8) is 0 Å². The Hall–Kier alpha value is -5.09. The molecule has 0 bridgehead atoms. The zero-order valence-electron chi connectivity index (χ0n) is 23.3. The number of amidine groups is 1. The van der Waals surface area contributed by atoms with E-state index >= 15 is 0 Å². The smallest absolute Gasteiger partial charge is 0.331 e. The largest absolute Gasteiger partial charge is 0.467 e. The molecule has 6 rings (SSSR count). The summed E-state index contributed by atoms with van der Waals surface area (Å²) in [6, 6.07) is 27.7. The second-order valence-electron chi connectivity index (χ2n) is 10.3. The van der Waals surface area contributed by atoms with Gasteiger partial charge in [-0.3, -0.25) is 14.5 Å². The number of benzene rings is 4. The van der Waals surface area contributed by atoms with Gasteiger partial charge in [0.1, 0.15) is 11.9 Å². The van der Waals surface area contributed by atoms with Crippen LogP contribution in [0.4, 0.5) is 0 Å². The van der Waals surface area contributed by atoms with E-state index in [4.69, 9.17) is 4.74 Å². The molecular formula is C33H27N3O6S. The molecule has 4 aromatic carbocycles. The summed E-state index contributed by atoms with van der Waals surface area (Å²) in [5.74, 6) is -2.15. The first kappa shape index (κ1) is 28.0. The minimum absolute atomic E-state index is 0.0656. The first-order chi connectivity index (χ1) is 20.7. The van der Waals surface area contributed by atoms with Crippen LogP contribution in [0, 0.1) is 6.92 Å². The molecule has 2 heterocycles. The normalized spacial score (nSPS) is 19.0. The molecule has 0 aliphatic carbocycles. The summed E-state index contributed by atoms with van der Waals surface area (Å²) in [5.41, 5.74) is 2.67. The molecule has 1 fully saturated rings. The predicted molar refractivity (Wildman–Crippen MR) is 159 cm³/mol. The third-order valence-corrected chi connectivity index (χ3v) is 9.01. The number of ether oxygens (including phenoxy) is 1. The van der Waals surface area contributed by atoms with Crippen LogP contribution in [0.15, 0.2) is 118 Å². The van der Waals surface area contributed by atoms with Crippen molar-refractivity contribution in [3.05, 3.63) is 137 Å². The number of nitrogens with zero attached hydrogens (tertiary/aromatic N) is 3. The number of sulfonamides is 1. The maximum absolute atomic E-state index is 13.8. The maximum atomic E-state index is 13.8. The fourth-order valence-electron chi connectivity index (χ4n) is 5.65. The Morgan fingerprint density at radius 1 is 0.767 bits per heavy atom. The van der Waals surface area contributed by atoms with Gasteiger partial charge in [-0.1, -0.05) is 90.5 Å². The minimum Gasteiger partial charge on any atom is -0.467 e. The van der Waals surface area contributed by atoms with Gasteiger partial charge in [-0.15, -0.1) is 4.40 Å². The van der Waals surface area contributed by atoms with Crippen molar-refractivity contribution < 1.29 is 27.5 Å². The van der Waals surface area contributed by atoms with Gasteiger partial charge in [0.25, 0.3) is 21.8 Å². The summed E-state index contributed by atoms with van der Waals surface area (Å²) in [6.45, 7) is 1.83. The van der Waals surface area contributed by atoms with Crippen molar-refractivity contribution in [3.8, 4) is 0 Å². The number of amides is 2. The lowest BCUT2D eigenvalue weighted by Gasteiger charge is -2.53. The molecule has 0 radical (unpaired) electrons. The Morgan fingerprint density at radius 2 is 1.26 bits per heavy atom. The third-order valence-electron chi connectivity index (χ3n) is 7.72. The Kier molecular flexibility index (Phi) is 7.15. The van der Waals surface area contributed by atoms with Crippen LogP contribution in [-0.2, 0) is 19.6 Å². The Morgan fingerprint density at radius 3 is 1.74 bits per heavy atom. The van der Waals surface area contributed by atoms with Crippen molar-refractivity contribution in [1.82, 2.24) is 9.80 Å². The topological polar surface area (TPSA) is 113 Å². The molecule has 10 heteroatoms. The Balaban J connectivity index is 1.58. The van der Waals surface area contributed by atoms with E-state index in [1.165, 1.54) is 36.3 Å². The van der Waals surface area contributed by atoms with E-state index in [0.29, 0.717) is 0 Å². The molecule has 216 valence electrons. The standard InChI is InChI=1S/C33H27N3O6S/c1-21-17-19-24(20-18-21)43(40,41)34-30-28(36-31(37)25-15-9-10-16-26(25)32(36)38)29(33(39)42-2)35(30)27(22-11-5-3-6-12-22)23-13-7-4-8-14-23/h3-20,27-29H,1-2H3/b34-30-/t28-,29-/m0/s1. The van der Waals surface area contributed by atoms with Gasteiger partial charge in [-0.05, 0) is 42.3 Å². The first-order valence-corrected chi connectivity index (χ1v) is 15.0. The summed E-state index contributed by atoms with van der Waals surface area (Å²) in [7, 11) is -3.14. The molecule has 43 heavy (non-hydrogen) atoms. The van der Waals surface area contributed by atoms with Gasteiger partial charge >= 0.3 is 5.97 Å². The molecule has 1 saturated heterocycles. The molecule has 2 amide bonds. The lowest BCUT2D eigenvalue weighted by molar-refractivity contribution is -0.149. The number of methoxy groups -OCH3 is 1. The van der Waals surface area contributed by atoms with Gasteiger partial charge in [-0.2, -0.15) is 8.42 Å². The average molecular weight is 594 g/mol. The maximum Gasteiger partial charge on any atom is 0.331 e. The number of hydrogen-bond donors (Lipinski definition) is 0. The van der Waals surface area contributed by atoms with Gasteiger partial charge in [0.05, 0.1) is 29.2 Å². The highest BCUT2D eigenvalue weighted by Crippen LogP contribution is 2.42. The number of hydrogen-bond acceptors (Lipinski definition) is 6. The van der Waals surface area contributed by atoms with Gasteiger partial charge < -0.3 is 9.64 Å². The average Bonchev–Trinajstić information content (AvgIpc) is 3.27. The number of carbonyl (C=O) groups is 3. The number of aryl methyl sites for hydroxylation is 1. The van der Waals surface area contributed by atoms with Crippen LogP contribution in [0.25, 0.3) is 0 Å². The third kappa shape index (κ3) is 4.79. The molecular weight excluding hydrogens is 566 g/mol. The van der Waals surface area contributed by atoms with Crippen LogP contribution >= 0.6 is 0 Å². The number of esters is 1. The summed E-state index contributed by atoms with van der Waals surface area (Å²) >= 11 is 0. The highest BCUT2D eigenvalue weighted by atomic mass is 32.2. The van der Waals surface area contributed by atoms with Crippen molar-refractivity contribution in [2.24, 2.45) is 4.40 Å². The van der Waals surface area contributed by atoms with E-state index in [0.717, 1.165) is 21.6 Å². The fraction of sp³-hybridized carbons (Fsp3) is 0.152. The van der Waals surface area contributed by atoms with Gasteiger partial charge in [0.2, 0.25) is 0 Å². The van der Waals surface area contributed by atoms with Crippen molar-refractivity contribution >= 4 is 33.6 Å². The first-order valence-electron chi connectivity index (χ1n) is 13.6. The van der Waals surface area contributed by atoms with E-state index in [1.54, 1.807) is 24.3 Å². The zero-order chi connectivity index (χ0) is 30.3. The molecule has 9 nitrogen and oxygen atoms in total. The monoisotopic (exact) mass is 593 g/mol. The van der Waals surface area contributed by atoms with E-state index in [9.17, 15) is 22.8 Å². The molecule has 0 aromatic heterocycles. The van der Waals surface area contributed by atoms with Gasteiger partial charge in [-0.25, -0.2) is 4.79 Å². The molecule has 2 aliphatic rings. The second-order valence-corrected chi connectivity index (χ2v) is 11.9. The lowest BCUT2D eigenvalue weighted by atomic mass is 9.85. The number of imide groups is 1. The minimum atomic E-state index is -4.34. The molecule has 0 spiro atoms. The molecule has 2 atom stereocenters. The number of rotatable bonds is 7. The van der Waals surface area contributed by atoms with Crippen molar-refractivity contribution in [1.29, 1.82) is 0 Å². The van der Waals surface area contributed by atoms with Crippen LogP contribution < -0.4 is 0 Å². The quantitative estimate of drug-likeness (QED) is 0.231. The van der Waals surface area contributed by atoms with E-state index in [-0.39, 0.29) is 21.9 Å². The lowest BCUT2D eigenvalue weighted by Crippen LogP contribution is -2.74. The van der Waals surface area contributed by atoms with Crippen LogP contribution in [0.1, 0.15) is 43.4 Å². The molecule has 0 unspecified atom stereocenters. The Bertz CT molecular complexity index is 1780. The van der Waals surface area contributed by atoms with Crippen molar-refractivity contribution in [2.75, 3.05) is 7.11 Å². The molecule has 4 aromatic rings. The van der Waals surface area contributed by atoms with E-state index in [1.807, 2.05) is 67.6 Å². The predicted octanol–water partition coefficient (Wildman–Crippen LogP) is 4.39. The summed E-state index contributed by atoms with van der Waals surface area (Å²) in [6.07, 6.45) is 0. The Labute approximate surface area is 249 Å². The molecule has 2 aliphatic heterocycles. The van der Waals surface area contributed by atoms with Crippen LogP contribution in [0.3, 0.4) is 0 Å². The van der Waals surface area contributed by atoms with Gasteiger partial charge in [0.15, 0.2) is 6.04 Å².